The van der Waals surface area contributed by atoms with Crippen LogP contribution in [0.1, 0.15) is 22.8 Å². The Morgan fingerprint density at radius 3 is 2.50 bits per heavy atom. The minimum Gasteiger partial charge on any atom is -0.399 e. The summed E-state index contributed by atoms with van der Waals surface area (Å²) in [6.45, 7) is 1.81. The largest absolute Gasteiger partial charge is 0.399 e. The van der Waals surface area contributed by atoms with Crippen molar-refractivity contribution in [2.24, 2.45) is 5.10 Å². The van der Waals surface area contributed by atoms with Crippen LogP contribution in [0.3, 0.4) is 0 Å². The Balaban J connectivity index is 2.08. The van der Waals surface area contributed by atoms with Crippen molar-refractivity contribution < 1.29 is 4.79 Å². The summed E-state index contributed by atoms with van der Waals surface area (Å²) in [7, 11) is 0. The van der Waals surface area contributed by atoms with E-state index in [-0.39, 0.29) is 5.91 Å². The fourth-order valence-corrected chi connectivity index (χ4v) is 1.81. The summed E-state index contributed by atoms with van der Waals surface area (Å²) in [6, 6.07) is 14.0. The standard InChI is InChI=1S/C15H14ClN3O/c1-10(11-5-7-14(17)8-6-11)18-19-15(20)12-3-2-4-13(16)9-12/h2-9H,17H2,1H3,(H,19,20)/b18-10+. The van der Waals surface area contributed by atoms with Crippen molar-refractivity contribution in [2.75, 3.05) is 5.73 Å². The molecule has 0 bridgehead atoms. The first-order chi connectivity index (χ1) is 9.56. The maximum absolute atomic E-state index is 11.9. The van der Waals surface area contributed by atoms with Gasteiger partial charge >= 0.3 is 0 Å². The fourth-order valence-electron chi connectivity index (χ4n) is 1.62. The number of amides is 1. The number of hydrogen-bond acceptors (Lipinski definition) is 3. The number of nitrogens with one attached hydrogen (secondary N) is 1. The Hall–Kier alpha value is -2.33. The lowest BCUT2D eigenvalue weighted by Crippen LogP contribution is -2.19. The van der Waals surface area contributed by atoms with E-state index in [1.54, 1.807) is 36.4 Å². The van der Waals surface area contributed by atoms with Crippen molar-refractivity contribution >= 4 is 28.9 Å². The van der Waals surface area contributed by atoms with E-state index < -0.39 is 0 Å². The number of nitrogens with zero attached hydrogens (tertiary/aromatic N) is 1. The van der Waals surface area contributed by atoms with Gasteiger partial charge in [-0.25, -0.2) is 5.43 Å². The predicted octanol–water partition coefficient (Wildman–Crippen LogP) is 3.08. The molecule has 0 fully saturated rings. The van der Waals surface area contributed by atoms with Gasteiger partial charge in [-0.2, -0.15) is 5.10 Å². The van der Waals surface area contributed by atoms with Crippen molar-refractivity contribution in [2.45, 2.75) is 6.92 Å². The van der Waals surface area contributed by atoms with Crippen LogP contribution in [0.25, 0.3) is 0 Å². The van der Waals surface area contributed by atoms with E-state index in [4.69, 9.17) is 17.3 Å². The number of benzene rings is 2. The third-order valence-electron chi connectivity index (χ3n) is 2.74. The highest BCUT2D eigenvalue weighted by Gasteiger charge is 2.05. The van der Waals surface area contributed by atoms with Gasteiger partial charge in [0.25, 0.3) is 5.91 Å². The average Bonchev–Trinajstić information content (AvgIpc) is 2.45. The van der Waals surface area contributed by atoms with Gasteiger partial charge in [-0.3, -0.25) is 4.79 Å². The maximum atomic E-state index is 11.9. The Morgan fingerprint density at radius 2 is 1.85 bits per heavy atom. The lowest BCUT2D eigenvalue weighted by atomic mass is 10.1. The highest BCUT2D eigenvalue weighted by Crippen LogP contribution is 2.10. The Bertz CT molecular complexity index is 650. The molecule has 0 radical (unpaired) electrons. The SMILES string of the molecule is C/C(=N\NC(=O)c1cccc(Cl)c1)c1ccc(N)cc1. The van der Waals surface area contributed by atoms with Crippen LogP contribution >= 0.6 is 11.6 Å². The van der Waals surface area contributed by atoms with Crippen LogP contribution < -0.4 is 11.2 Å². The number of nitrogen functional groups attached to an aromatic ring is 1. The van der Waals surface area contributed by atoms with Gasteiger partial charge in [0.15, 0.2) is 0 Å². The van der Waals surface area contributed by atoms with Gasteiger partial charge in [0.2, 0.25) is 0 Å². The number of rotatable bonds is 3. The minimum atomic E-state index is -0.303. The molecule has 2 rings (SSSR count). The van der Waals surface area contributed by atoms with E-state index in [2.05, 4.69) is 10.5 Å². The lowest BCUT2D eigenvalue weighted by molar-refractivity contribution is 0.0955. The number of carbonyl (C=O) groups excluding carboxylic acids is 1. The molecule has 0 saturated carbocycles. The number of anilines is 1. The molecule has 0 atom stereocenters. The molecule has 20 heavy (non-hydrogen) atoms. The van der Waals surface area contributed by atoms with Gasteiger partial charge in [-0.1, -0.05) is 29.8 Å². The zero-order chi connectivity index (χ0) is 14.5. The van der Waals surface area contributed by atoms with E-state index in [1.165, 1.54) is 0 Å². The van der Waals surface area contributed by atoms with Crippen molar-refractivity contribution in [3.8, 4) is 0 Å². The third kappa shape index (κ3) is 3.59. The Kier molecular flexibility index (Phi) is 4.38. The summed E-state index contributed by atoms with van der Waals surface area (Å²) in [5.74, 6) is -0.303. The summed E-state index contributed by atoms with van der Waals surface area (Å²) in [6.07, 6.45) is 0. The molecule has 0 aliphatic heterocycles. The highest BCUT2D eigenvalue weighted by molar-refractivity contribution is 6.30. The van der Waals surface area contributed by atoms with Crippen molar-refractivity contribution in [1.82, 2.24) is 5.43 Å². The van der Waals surface area contributed by atoms with Gasteiger partial charge in [0.05, 0.1) is 5.71 Å². The molecular formula is C15H14ClN3O. The molecule has 0 aromatic heterocycles. The van der Waals surface area contributed by atoms with Gasteiger partial charge in [0.1, 0.15) is 0 Å². The second-order valence-electron chi connectivity index (χ2n) is 4.27. The predicted molar refractivity (Wildman–Crippen MR) is 82.0 cm³/mol. The van der Waals surface area contributed by atoms with E-state index >= 15 is 0 Å². The smallest absolute Gasteiger partial charge is 0.271 e. The van der Waals surface area contributed by atoms with Crippen LogP contribution in [0, 0.1) is 0 Å². The molecule has 3 N–H and O–H groups in total. The van der Waals surface area contributed by atoms with E-state index in [0.29, 0.717) is 22.0 Å². The molecule has 1 amide bonds. The molecule has 2 aromatic carbocycles. The zero-order valence-corrected chi connectivity index (χ0v) is 11.7. The van der Waals surface area contributed by atoms with Crippen LogP contribution in [0.5, 0.6) is 0 Å². The molecule has 0 saturated heterocycles. The van der Waals surface area contributed by atoms with Crippen molar-refractivity contribution in [1.29, 1.82) is 0 Å². The second-order valence-corrected chi connectivity index (χ2v) is 4.71. The van der Waals surface area contributed by atoms with Gasteiger partial charge < -0.3 is 5.73 Å². The van der Waals surface area contributed by atoms with Crippen molar-refractivity contribution in [3.63, 3.8) is 0 Å². The van der Waals surface area contributed by atoms with Gasteiger partial charge in [0, 0.05) is 16.3 Å². The first-order valence-electron chi connectivity index (χ1n) is 6.02. The normalized spacial score (nSPS) is 11.2. The minimum absolute atomic E-state index is 0.303. The number of nitrogens with two attached hydrogens (primary N) is 1. The molecule has 2 aromatic rings. The molecule has 0 spiro atoms. The first kappa shape index (κ1) is 14.1. The average molecular weight is 288 g/mol. The molecular weight excluding hydrogens is 274 g/mol. The Morgan fingerprint density at radius 1 is 1.15 bits per heavy atom. The van der Waals surface area contributed by atoms with Crippen LogP contribution in [-0.2, 0) is 0 Å². The van der Waals surface area contributed by atoms with E-state index in [9.17, 15) is 4.79 Å². The lowest BCUT2D eigenvalue weighted by Gasteiger charge is -2.04. The fraction of sp³-hybridized carbons (Fsp3) is 0.0667. The van der Waals surface area contributed by atoms with Crippen LogP contribution in [-0.4, -0.2) is 11.6 Å². The number of halogens is 1. The van der Waals surface area contributed by atoms with E-state index in [0.717, 1.165) is 5.56 Å². The molecule has 102 valence electrons. The van der Waals surface area contributed by atoms with Crippen molar-refractivity contribution in [3.05, 3.63) is 64.7 Å². The van der Waals surface area contributed by atoms with Crippen LogP contribution in [0.2, 0.25) is 5.02 Å². The van der Waals surface area contributed by atoms with Gasteiger partial charge in [-0.05, 0) is 42.8 Å². The molecule has 0 aliphatic carbocycles. The summed E-state index contributed by atoms with van der Waals surface area (Å²) in [4.78, 5) is 11.9. The topological polar surface area (TPSA) is 67.5 Å². The zero-order valence-electron chi connectivity index (χ0n) is 10.9. The summed E-state index contributed by atoms with van der Waals surface area (Å²) >= 11 is 5.83. The highest BCUT2D eigenvalue weighted by atomic mass is 35.5. The molecule has 4 nitrogen and oxygen atoms in total. The molecule has 0 aliphatic rings. The molecule has 5 heteroatoms. The second kappa shape index (κ2) is 6.21. The molecule has 0 unspecified atom stereocenters. The third-order valence-corrected chi connectivity index (χ3v) is 2.98. The van der Waals surface area contributed by atoms with E-state index in [1.807, 2.05) is 19.1 Å². The number of hydrogen-bond donors (Lipinski definition) is 2. The Labute approximate surface area is 122 Å². The quantitative estimate of drug-likeness (QED) is 0.517. The summed E-state index contributed by atoms with van der Waals surface area (Å²) in [5.41, 5.74) is 10.9. The maximum Gasteiger partial charge on any atom is 0.271 e. The number of hydrazone groups is 1. The monoisotopic (exact) mass is 287 g/mol. The summed E-state index contributed by atoms with van der Waals surface area (Å²) < 4.78 is 0. The first-order valence-corrected chi connectivity index (χ1v) is 6.40. The summed E-state index contributed by atoms with van der Waals surface area (Å²) in [5, 5.41) is 4.57. The number of carbonyl (C=O) groups is 1. The molecule has 0 heterocycles. The van der Waals surface area contributed by atoms with Crippen LogP contribution in [0.15, 0.2) is 53.6 Å². The van der Waals surface area contributed by atoms with Crippen LogP contribution in [0.4, 0.5) is 5.69 Å². The van der Waals surface area contributed by atoms with Gasteiger partial charge in [-0.15, -0.1) is 0 Å².